The Hall–Kier alpha value is -2.11. The van der Waals surface area contributed by atoms with Crippen molar-refractivity contribution in [3.8, 4) is 11.5 Å². The minimum atomic E-state index is -0.454. The molecular formula is C15H15ClN2O3. The Balaban J connectivity index is 2.27. The molecule has 6 heteroatoms. The number of nitro groups is 1. The summed E-state index contributed by atoms with van der Waals surface area (Å²) in [6.45, 7) is 3.48. The molecule has 21 heavy (non-hydrogen) atoms. The molecule has 2 aromatic rings. The summed E-state index contributed by atoms with van der Waals surface area (Å²) in [5, 5.41) is 14.5. The number of non-ortho nitro benzene ring substituents is 1. The van der Waals surface area contributed by atoms with E-state index in [-0.39, 0.29) is 5.69 Å². The van der Waals surface area contributed by atoms with Crippen LogP contribution < -0.4 is 10.1 Å². The summed E-state index contributed by atoms with van der Waals surface area (Å²) in [4.78, 5) is 10.3. The molecule has 0 aliphatic heterocycles. The van der Waals surface area contributed by atoms with Gasteiger partial charge in [0.2, 0.25) is 0 Å². The van der Waals surface area contributed by atoms with Crippen molar-refractivity contribution >= 4 is 17.3 Å². The smallest absolute Gasteiger partial charge is 0.273 e. The predicted octanol–water partition coefficient (Wildman–Crippen LogP) is 4.15. The third-order valence-electron chi connectivity index (χ3n) is 2.85. The van der Waals surface area contributed by atoms with Crippen LogP contribution in [0.3, 0.4) is 0 Å². The number of hydrogen-bond acceptors (Lipinski definition) is 4. The van der Waals surface area contributed by atoms with Crippen molar-refractivity contribution in [2.45, 2.75) is 13.5 Å². The molecule has 2 aromatic carbocycles. The van der Waals surface area contributed by atoms with Crippen molar-refractivity contribution in [1.29, 1.82) is 0 Å². The molecule has 0 atom stereocenters. The molecule has 5 nitrogen and oxygen atoms in total. The van der Waals surface area contributed by atoms with E-state index in [0.717, 1.165) is 12.1 Å². The van der Waals surface area contributed by atoms with Crippen molar-refractivity contribution in [3.63, 3.8) is 0 Å². The van der Waals surface area contributed by atoms with E-state index in [4.69, 9.17) is 16.3 Å². The first kappa shape index (κ1) is 15.3. The van der Waals surface area contributed by atoms with Gasteiger partial charge in [-0.25, -0.2) is 0 Å². The van der Waals surface area contributed by atoms with Crippen molar-refractivity contribution in [3.05, 3.63) is 63.2 Å². The molecule has 0 saturated carbocycles. The SMILES string of the molecule is CCNCc1ccc(Cl)cc1Oc1cccc([N+](=O)[O-])c1. The topological polar surface area (TPSA) is 64.4 Å². The van der Waals surface area contributed by atoms with Crippen LogP contribution in [0, 0.1) is 10.1 Å². The van der Waals surface area contributed by atoms with Crippen LogP contribution in [-0.2, 0) is 6.54 Å². The number of benzene rings is 2. The van der Waals surface area contributed by atoms with Crippen LogP contribution in [0.4, 0.5) is 5.69 Å². The third-order valence-corrected chi connectivity index (χ3v) is 3.09. The van der Waals surface area contributed by atoms with Crippen LogP contribution >= 0.6 is 11.6 Å². The quantitative estimate of drug-likeness (QED) is 0.643. The lowest BCUT2D eigenvalue weighted by molar-refractivity contribution is -0.384. The molecular weight excluding hydrogens is 292 g/mol. The summed E-state index contributed by atoms with van der Waals surface area (Å²) in [5.41, 5.74) is 0.926. The number of nitrogens with zero attached hydrogens (tertiary/aromatic N) is 1. The highest BCUT2D eigenvalue weighted by Crippen LogP contribution is 2.30. The van der Waals surface area contributed by atoms with Crippen molar-refractivity contribution < 1.29 is 9.66 Å². The Morgan fingerprint density at radius 1 is 1.29 bits per heavy atom. The lowest BCUT2D eigenvalue weighted by Gasteiger charge is -2.12. The molecule has 2 rings (SSSR count). The van der Waals surface area contributed by atoms with E-state index in [1.165, 1.54) is 12.1 Å². The summed E-state index contributed by atoms with van der Waals surface area (Å²) in [6, 6.07) is 11.4. The predicted molar refractivity (Wildman–Crippen MR) is 82.0 cm³/mol. The molecule has 0 saturated heterocycles. The largest absolute Gasteiger partial charge is 0.457 e. The van der Waals surface area contributed by atoms with E-state index in [1.54, 1.807) is 24.3 Å². The standard InChI is InChI=1S/C15H15ClN2O3/c1-2-17-10-11-6-7-12(16)8-15(11)21-14-5-3-4-13(9-14)18(19)20/h3-9,17H,2,10H2,1H3. The van der Waals surface area contributed by atoms with Crippen LogP contribution in [0.5, 0.6) is 11.5 Å². The van der Waals surface area contributed by atoms with Crippen molar-refractivity contribution in [2.24, 2.45) is 0 Å². The maximum atomic E-state index is 10.8. The van der Waals surface area contributed by atoms with E-state index in [1.807, 2.05) is 13.0 Å². The van der Waals surface area contributed by atoms with Gasteiger partial charge in [0, 0.05) is 23.2 Å². The first-order valence-corrected chi connectivity index (χ1v) is 6.89. The maximum Gasteiger partial charge on any atom is 0.273 e. The number of ether oxygens (including phenoxy) is 1. The average Bonchev–Trinajstić information content (AvgIpc) is 2.47. The summed E-state index contributed by atoms with van der Waals surface area (Å²) in [5.74, 6) is 0.994. The van der Waals surface area contributed by atoms with Gasteiger partial charge < -0.3 is 10.1 Å². The van der Waals surface area contributed by atoms with Gasteiger partial charge >= 0.3 is 0 Å². The Morgan fingerprint density at radius 3 is 2.81 bits per heavy atom. The number of halogens is 1. The molecule has 0 spiro atoms. The van der Waals surface area contributed by atoms with Crippen LogP contribution in [0.1, 0.15) is 12.5 Å². The fourth-order valence-corrected chi connectivity index (χ4v) is 1.98. The molecule has 0 amide bonds. The fourth-order valence-electron chi connectivity index (χ4n) is 1.82. The van der Waals surface area contributed by atoms with Gasteiger partial charge in [-0.2, -0.15) is 0 Å². The highest BCUT2D eigenvalue weighted by atomic mass is 35.5. The Labute approximate surface area is 127 Å². The van der Waals surface area contributed by atoms with Gasteiger partial charge in [0.1, 0.15) is 11.5 Å². The number of nitrogens with one attached hydrogen (secondary N) is 1. The normalized spacial score (nSPS) is 10.4. The number of nitro benzene ring substituents is 1. The molecule has 0 aliphatic carbocycles. The van der Waals surface area contributed by atoms with Crippen LogP contribution in [-0.4, -0.2) is 11.5 Å². The molecule has 1 N–H and O–H groups in total. The zero-order valence-corrected chi connectivity index (χ0v) is 12.3. The monoisotopic (exact) mass is 306 g/mol. The fraction of sp³-hybridized carbons (Fsp3) is 0.200. The minimum absolute atomic E-state index is 0.0113. The summed E-state index contributed by atoms with van der Waals surface area (Å²) in [7, 11) is 0. The van der Waals surface area contributed by atoms with E-state index >= 15 is 0 Å². The number of hydrogen-bond donors (Lipinski definition) is 1. The second-order valence-corrected chi connectivity index (χ2v) is 4.83. The lowest BCUT2D eigenvalue weighted by Crippen LogP contribution is -2.12. The zero-order chi connectivity index (χ0) is 15.2. The highest BCUT2D eigenvalue weighted by molar-refractivity contribution is 6.30. The van der Waals surface area contributed by atoms with E-state index in [0.29, 0.717) is 23.1 Å². The average molecular weight is 307 g/mol. The highest BCUT2D eigenvalue weighted by Gasteiger charge is 2.10. The molecule has 0 fully saturated rings. The van der Waals surface area contributed by atoms with Crippen LogP contribution in [0.25, 0.3) is 0 Å². The van der Waals surface area contributed by atoms with E-state index < -0.39 is 4.92 Å². The van der Waals surface area contributed by atoms with Crippen molar-refractivity contribution in [2.75, 3.05) is 6.54 Å². The molecule has 0 heterocycles. The maximum absolute atomic E-state index is 10.8. The first-order valence-electron chi connectivity index (χ1n) is 6.51. The van der Waals surface area contributed by atoms with E-state index in [9.17, 15) is 10.1 Å². The molecule has 0 unspecified atom stereocenters. The summed E-state index contributed by atoms with van der Waals surface area (Å²) < 4.78 is 5.75. The summed E-state index contributed by atoms with van der Waals surface area (Å²) in [6.07, 6.45) is 0. The second-order valence-electron chi connectivity index (χ2n) is 4.39. The first-order chi connectivity index (χ1) is 10.1. The third kappa shape index (κ3) is 4.18. The van der Waals surface area contributed by atoms with Crippen LogP contribution in [0.15, 0.2) is 42.5 Å². The molecule has 110 valence electrons. The van der Waals surface area contributed by atoms with Gasteiger partial charge in [0.05, 0.1) is 11.0 Å². The Bertz CT molecular complexity index is 647. The second kappa shape index (κ2) is 7.06. The summed E-state index contributed by atoms with van der Waals surface area (Å²) >= 11 is 5.99. The van der Waals surface area contributed by atoms with E-state index in [2.05, 4.69) is 5.32 Å². The minimum Gasteiger partial charge on any atom is -0.457 e. The van der Waals surface area contributed by atoms with Gasteiger partial charge in [-0.3, -0.25) is 10.1 Å². The molecule has 0 bridgehead atoms. The van der Waals surface area contributed by atoms with Gasteiger partial charge in [-0.05, 0) is 24.7 Å². The molecule has 0 aromatic heterocycles. The van der Waals surface area contributed by atoms with Crippen LogP contribution in [0.2, 0.25) is 5.02 Å². The Kier molecular flexibility index (Phi) is 5.14. The molecule has 0 radical (unpaired) electrons. The lowest BCUT2D eigenvalue weighted by atomic mass is 10.2. The zero-order valence-electron chi connectivity index (χ0n) is 11.5. The van der Waals surface area contributed by atoms with Crippen molar-refractivity contribution in [1.82, 2.24) is 5.32 Å². The van der Waals surface area contributed by atoms with Gasteiger partial charge in [0.15, 0.2) is 0 Å². The number of rotatable bonds is 6. The van der Waals surface area contributed by atoms with Gasteiger partial charge in [-0.1, -0.05) is 30.7 Å². The molecule has 0 aliphatic rings. The van der Waals surface area contributed by atoms with Gasteiger partial charge in [-0.15, -0.1) is 0 Å². The Morgan fingerprint density at radius 2 is 2.10 bits per heavy atom. The van der Waals surface area contributed by atoms with Gasteiger partial charge in [0.25, 0.3) is 5.69 Å².